The number of ether oxygens (including phenoxy) is 1. The molecule has 0 bridgehead atoms. The number of likely N-dealkylation sites (N-methyl/N-ethyl adjacent to an activating group) is 1. The zero-order valence-electron chi connectivity index (χ0n) is 13.0. The van der Waals surface area contributed by atoms with Crippen LogP contribution in [0.1, 0.15) is 20.8 Å². The number of carbonyl (C=O) groups is 1. The van der Waals surface area contributed by atoms with Gasteiger partial charge in [0.05, 0.1) is 12.1 Å². The minimum Gasteiger partial charge on any atom is -0.435 e. The zero-order valence-corrected chi connectivity index (χ0v) is 13.0. The molecule has 22 heavy (non-hydrogen) atoms. The summed E-state index contributed by atoms with van der Waals surface area (Å²) in [7, 11) is 0. The third-order valence-electron chi connectivity index (χ3n) is 2.79. The van der Waals surface area contributed by atoms with Gasteiger partial charge in [0.15, 0.2) is 0 Å². The molecule has 0 aliphatic carbocycles. The highest BCUT2D eigenvalue weighted by atomic mass is 19.3. The summed E-state index contributed by atoms with van der Waals surface area (Å²) in [5, 5.41) is 12.4. The third kappa shape index (κ3) is 7.33. The molecule has 1 rings (SSSR count). The van der Waals surface area contributed by atoms with Crippen molar-refractivity contribution in [2.24, 2.45) is 0 Å². The number of benzene rings is 1. The number of halogens is 2. The van der Waals surface area contributed by atoms with Crippen LogP contribution >= 0.6 is 0 Å². The van der Waals surface area contributed by atoms with Crippen LogP contribution < -0.4 is 10.1 Å². The molecule has 1 aromatic rings. The molecule has 0 aromatic heterocycles. The largest absolute Gasteiger partial charge is 0.435 e. The molecule has 0 unspecified atom stereocenters. The highest BCUT2D eigenvalue weighted by Gasteiger charge is 2.19. The second-order valence-electron chi connectivity index (χ2n) is 5.57. The van der Waals surface area contributed by atoms with Crippen LogP contribution in [0.2, 0.25) is 0 Å². The van der Waals surface area contributed by atoms with E-state index in [9.17, 15) is 18.7 Å². The monoisotopic (exact) mass is 316 g/mol. The van der Waals surface area contributed by atoms with Gasteiger partial charge in [-0.2, -0.15) is 8.78 Å². The molecule has 0 atom stereocenters. The molecule has 0 saturated heterocycles. The van der Waals surface area contributed by atoms with Crippen molar-refractivity contribution < 1.29 is 23.4 Å². The Balaban J connectivity index is 2.53. The summed E-state index contributed by atoms with van der Waals surface area (Å²) in [6.07, 6.45) is 0. The first-order valence-corrected chi connectivity index (χ1v) is 6.99. The lowest BCUT2D eigenvalue weighted by molar-refractivity contribution is -0.117. The van der Waals surface area contributed by atoms with Crippen molar-refractivity contribution in [1.82, 2.24) is 4.90 Å². The van der Waals surface area contributed by atoms with Crippen LogP contribution in [0.15, 0.2) is 24.3 Å². The number of anilines is 1. The van der Waals surface area contributed by atoms with Crippen LogP contribution in [0.3, 0.4) is 0 Å². The molecule has 0 spiro atoms. The maximum Gasteiger partial charge on any atom is 0.387 e. The molecule has 1 aromatic carbocycles. The number of amides is 1. The van der Waals surface area contributed by atoms with E-state index in [-0.39, 0.29) is 18.2 Å². The highest BCUT2D eigenvalue weighted by molar-refractivity contribution is 5.92. The Labute approximate surface area is 128 Å². The second-order valence-corrected chi connectivity index (χ2v) is 5.57. The van der Waals surface area contributed by atoms with E-state index in [0.717, 1.165) is 0 Å². The zero-order chi connectivity index (χ0) is 16.8. The maximum atomic E-state index is 12.0. The Kier molecular flexibility index (Phi) is 6.70. The Morgan fingerprint density at radius 2 is 1.95 bits per heavy atom. The molecular weight excluding hydrogens is 294 g/mol. The van der Waals surface area contributed by atoms with Gasteiger partial charge in [-0.3, -0.25) is 9.69 Å². The number of nitrogens with zero attached hydrogens (tertiary/aromatic N) is 1. The van der Waals surface area contributed by atoms with Gasteiger partial charge >= 0.3 is 6.61 Å². The van der Waals surface area contributed by atoms with Crippen LogP contribution in [-0.2, 0) is 4.79 Å². The Hall–Kier alpha value is -1.73. The number of nitrogens with one attached hydrogen (secondary N) is 1. The van der Waals surface area contributed by atoms with Gasteiger partial charge in [-0.1, -0.05) is 6.92 Å². The van der Waals surface area contributed by atoms with Crippen molar-refractivity contribution in [3.63, 3.8) is 0 Å². The third-order valence-corrected chi connectivity index (χ3v) is 2.79. The van der Waals surface area contributed by atoms with Crippen LogP contribution in [0, 0.1) is 0 Å². The molecular formula is C15H22F2N2O3. The lowest BCUT2D eigenvalue weighted by Gasteiger charge is -2.27. The van der Waals surface area contributed by atoms with Gasteiger partial charge in [0.1, 0.15) is 5.75 Å². The van der Waals surface area contributed by atoms with Gasteiger partial charge in [-0.05, 0) is 44.7 Å². The normalized spacial score (nSPS) is 11.8. The van der Waals surface area contributed by atoms with E-state index >= 15 is 0 Å². The van der Waals surface area contributed by atoms with Crippen LogP contribution in [0.4, 0.5) is 14.5 Å². The molecule has 0 aliphatic heterocycles. The van der Waals surface area contributed by atoms with Gasteiger partial charge in [0, 0.05) is 12.2 Å². The van der Waals surface area contributed by atoms with Crippen LogP contribution in [0.25, 0.3) is 0 Å². The molecule has 5 nitrogen and oxygen atoms in total. The quantitative estimate of drug-likeness (QED) is 0.773. The number of hydrogen-bond donors (Lipinski definition) is 2. The van der Waals surface area contributed by atoms with Gasteiger partial charge in [-0.15, -0.1) is 0 Å². The van der Waals surface area contributed by atoms with E-state index in [1.807, 2.05) is 11.8 Å². The number of aliphatic hydroxyl groups is 1. The van der Waals surface area contributed by atoms with Gasteiger partial charge in [-0.25, -0.2) is 0 Å². The fraction of sp³-hybridized carbons (Fsp3) is 0.533. The number of carbonyl (C=O) groups excluding carboxylic acids is 1. The minimum absolute atomic E-state index is 0.0326. The Morgan fingerprint density at radius 3 is 2.41 bits per heavy atom. The average molecular weight is 316 g/mol. The van der Waals surface area contributed by atoms with Crippen molar-refractivity contribution in [1.29, 1.82) is 0 Å². The summed E-state index contributed by atoms with van der Waals surface area (Å²) in [6, 6.07) is 5.69. The van der Waals surface area contributed by atoms with Gasteiger partial charge in [0.2, 0.25) is 5.91 Å². The molecule has 7 heteroatoms. The summed E-state index contributed by atoms with van der Waals surface area (Å²) in [5.41, 5.74) is -0.393. The summed E-state index contributed by atoms with van der Waals surface area (Å²) in [6.45, 7) is 3.51. The number of alkyl halides is 2. The van der Waals surface area contributed by atoms with Crippen LogP contribution in [0.5, 0.6) is 5.75 Å². The van der Waals surface area contributed by atoms with Crippen molar-refractivity contribution in [2.45, 2.75) is 33.0 Å². The van der Waals surface area contributed by atoms with Gasteiger partial charge < -0.3 is 15.2 Å². The lowest BCUT2D eigenvalue weighted by Crippen LogP contribution is -2.42. The standard InChI is InChI=1S/C15H22F2N2O3/c1-4-19(10-15(2,3)21)9-13(20)18-11-5-7-12(8-6-11)22-14(16)17/h5-8,14,21H,4,9-10H2,1-3H3,(H,18,20). The van der Waals surface area contributed by atoms with Crippen molar-refractivity contribution in [2.75, 3.05) is 25.0 Å². The maximum absolute atomic E-state index is 12.0. The van der Waals surface area contributed by atoms with E-state index in [1.165, 1.54) is 24.3 Å². The van der Waals surface area contributed by atoms with Crippen molar-refractivity contribution in [3.05, 3.63) is 24.3 Å². The Morgan fingerprint density at radius 1 is 1.36 bits per heavy atom. The average Bonchev–Trinajstić information content (AvgIpc) is 2.38. The second kappa shape index (κ2) is 8.05. The van der Waals surface area contributed by atoms with E-state index in [2.05, 4.69) is 10.1 Å². The molecule has 0 aliphatic rings. The van der Waals surface area contributed by atoms with E-state index in [1.54, 1.807) is 13.8 Å². The predicted octanol–water partition coefficient (Wildman–Crippen LogP) is 2.32. The smallest absolute Gasteiger partial charge is 0.387 e. The molecule has 124 valence electrons. The fourth-order valence-corrected chi connectivity index (χ4v) is 1.95. The SMILES string of the molecule is CCN(CC(=O)Nc1ccc(OC(F)F)cc1)CC(C)(C)O. The predicted molar refractivity (Wildman–Crippen MR) is 80.1 cm³/mol. The van der Waals surface area contributed by atoms with Crippen molar-refractivity contribution >= 4 is 11.6 Å². The first kappa shape index (κ1) is 18.3. The molecule has 1 amide bonds. The first-order valence-electron chi connectivity index (χ1n) is 6.99. The molecule has 0 fully saturated rings. The van der Waals surface area contributed by atoms with E-state index in [0.29, 0.717) is 18.8 Å². The van der Waals surface area contributed by atoms with Crippen LogP contribution in [-0.4, -0.2) is 47.8 Å². The summed E-state index contributed by atoms with van der Waals surface area (Å²) in [4.78, 5) is 13.8. The Bertz CT molecular complexity index is 473. The summed E-state index contributed by atoms with van der Waals surface area (Å²) in [5.74, 6) is -0.209. The van der Waals surface area contributed by atoms with E-state index < -0.39 is 12.2 Å². The van der Waals surface area contributed by atoms with E-state index in [4.69, 9.17) is 0 Å². The lowest BCUT2D eigenvalue weighted by atomic mass is 10.1. The number of hydrogen-bond acceptors (Lipinski definition) is 4. The first-order chi connectivity index (χ1) is 10.2. The summed E-state index contributed by atoms with van der Waals surface area (Å²) < 4.78 is 28.3. The fourth-order valence-electron chi connectivity index (χ4n) is 1.95. The molecule has 0 saturated carbocycles. The summed E-state index contributed by atoms with van der Waals surface area (Å²) >= 11 is 0. The topological polar surface area (TPSA) is 61.8 Å². The molecule has 0 radical (unpaired) electrons. The molecule has 0 heterocycles. The van der Waals surface area contributed by atoms with Gasteiger partial charge in [0.25, 0.3) is 0 Å². The molecule has 2 N–H and O–H groups in total. The van der Waals surface area contributed by atoms with Crippen molar-refractivity contribution in [3.8, 4) is 5.75 Å². The number of rotatable bonds is 8. The minimum atomic E-state index is -2.87. The highest BCUT2D eigenvalue weighted by Crippen LogP contribution is 2.17.